The van der Waals surface area contributed by atoms with Crippen molar-refractivity contribution in [3.05, 3.63) is 47.4 Å². The minimum Gasteiger partial charge on any atom is -0.303 e. The molecule has 1 aliphatic rings. The van der Waals surface area contributed by atoms with Crippen LogP contribution in [0.15, 0.2) is 30.3 Å². The van der Waals surface area contributed by atoms with Gasteiger partial charge in [0.15, 0.2) is 0 Å². The van der Waals surface area contributed by atoms with E-state index in [1.165, 1.54) is 38.2 Å². The van der Waals surface area contributed by atoms with Crippen molar-refractivity contribution in [3.63, 3.8) is 0 Å². The van der Waals surface area contributed by atoms with Crippen molar-refractivity contribution in [3.8, 4) is 17.3 Å². The van der Waals surface area contributed by atoms with Crippen LogP contribution in [0.4, 0.5) is 13.2 Å². The summed E-state index contributed by atoms with van der Waals surface area (Å²) < 4.78 is 39.0. The molecule has 2 heterocycles. The largest absolute Gasteiger partial charge is 0.416 e. The molecular weight excluding hydrogens is 377 g/mol. The number of rotatable bonds is 5. The molecule has 0 radical (unpaired) electrons. The van der Waals surface area contributed by atoms with Crippen LogP contribution in [0.25, 0.3) is 11.3 Å². The summed E-state index contributed by atoms with van der Waals surface area (Å²) in [6.07, 6.45) is 3.49. The summed E-state index contributed by atoms with van der Waals surface area (Å²) in [5.41, 5.74) is 0.648. The van der Waals surface area contributed by atoms with E-state index >= 15 is 0 Å². The summed E-state index contributed by atoms with van der Waals surface area (Å²) >= 11 is 0. The fraction of sp³-hybridized carbons (Fsp3) is 0.500. The second kappa shape index (κ2) is 9.84. The van der Waals surface area contributed by atoms with Crippen molar-refractivity contribution in [1.29, 1.82) is 5.26 Å². The lowest BCUT2D eigenvalue weighted by Crippen LogP contribution is -2.28. The third-order valence-corrected chi connectivity index (χ3v) is 5.22. The van der Waals surface area contributed by atoms with Crippen LogP contribution in [0, 0.1) is 11.3 Å². The van der Waals surface area contributed by atoms with Crippen LogP contribution in [0.1, 0.15) is 55.6 Å². The summed E-state index contributed by atoms with van der Waals surface area (Å²) in [5.74, 6) is -0.0128. The van der Waals surface area contributed by atoms with Crippen LogP contribution in [0.2, 0.25) is 0 Å². The number of halogens is 3. The van der Waals surface area contributed by atoms with Gasteiger partial charge in [0.05, 0.1) is 11.3 Å². The van der Waals surface area contributed by atoms with Crippen LogP contribution in [-0.2, 0) is 12.6 Å². The highest BCUT2D eigenvalue weighted by Crippen LogP contribution is 2.31. The van der Waals surface area contributed by atoms with Gasteiger partial charge in [0.25, 0.3) is 0 Å². The highest BCUT2D eigenvalue weighted by atomic mass is 19.4. The van der Waals surface area contributed by atoms with E-state index in [9.17, 15) is 18.4 Å². The lowest BCUT2D eigenvalue weighted by molar-refractivity contribution is -0.137. The SMILES string of the molecule is N#Cc1nc(CCCN2CCCCCCC2)cc(-c2cccc(C(F)(F)F)c2)n1. The number of benzene rings is 1. The molecule has 29 heavy (non-hydrogen) atoms. The molecular formula is C22H25F3N4. The first-order valence-corrected chi connectivity index (χ1v) is 10.1. The van der Waals surface area contributed by atoms with Gasteiger partial charge in [0, 0.05) is 11.3 Å². The molecule has 0 saturated carbocycles. The van der Waals surface area contributed by atoms with Crippen molar-refractivity contribution in [2.45, 2.75) is 51.1 Å². The van der Waals surface area contributed by atoms with Crippen molar-refractivity contribution < 1.29 is 13.2 Å². The number of nitriles is 1. The van der Waals surface area contributed by atoms with Crippen molar-refractivity contribution in [1.82, 2.24) is 14.9 Å². The molecule has 2 aromatic rings. The monoisotopic (exact) mass is 402 g/mol. The standard InChI is InChI=1S/C22H25F3N4/c23-22(24,25)18-9-6-8-17(14-18)20-15-19(27-21(16-26)28-20)10-7-13-29-11-4-2-1-3-5-12-29/h6,8-9,14-15H,1-5,7,10-13H2. The minimum absolute atomic E-state index is 0.0128. The smallest absolute Gasteiger partial charge is 0.303 e. The Balaban J connectivity index is 1.71. The van der Waals surface area contributed by atoms with Crippen LogP contribution >= 0.6 is 0 Å². The average Bonchev–Trinajstić information content (AvgIpc) is 2.68. The van der Waals surface area contributed by atoms with Crippen LogP contribution < -0.4 is 0 Å². The highest BCUT2D eigenvalue weighted by Gasteiger charge is 2.30. The molecule has 0 spiro atoms. The molecule has 3 rings (SSSR count). The normalized spacial score (nSPS) is 16.1. The first kappa shape index (κ1) is 21.3. The fourth-order valence-corrected chi connectivity index (χ4v) is 3.70. The Hall–Kier alpha value is -2.46. The minimum atomic E-state index is -4.42. The summed E-state index contributed by atoms with van der Waals surface area (Å²) in [6.45, 7) is 3.19. The molecule has 0 aliphatic carbocycles. The number of aromatic nitrogens is 2. The van der Waals surface area contributed by atoms with Crippen molar-refractivity contribution in [2.24, 2.45) is 0 Å². The van der Waals surface area contributed by atoms with E-state index < -0.39 is 11.7 Å². The molecule has 1 aliphatic heterocycles. The van der Waals surface area contributed by atoms with E-state index in [0.29, 0.717) is 23.4 Å². The van der Waals surface area contributed by atoms with Crippen molar-refractivity contribution in [2.75, 3.05) is 19.6 Å². The van der Waals surface area contributed by atoms with Crippen molar-refractivity contribution >= 4 is 0 Å². The number of aryl methyl sites for hydroxylation is 1. The van der Waals surface area contributed by atoms with Gasteiger partial charge in [-0.25, -0.2) is 9.97 Å². The number of alkyl halides is 3. The lowest BCUT2D eigenvalue weighted by Gasteiger charge is -2.24. The van der Waals surface area contributed by atoms with Crippen LogP contribution in [-0.4, -0.2) is 34.5 Å². The Kier molecular flexibility index (Phi) is 7.21. The van der Waals surface area contributed by atoms with Crippen LogP contribution in [0.3, 0.4) is 0 Å². The molecule has 0 bridgehead atoms. The molecule has 1 aromatic heterocycles. The zero-order valence-corrected chi connectivity index (χ0v) is 16.4. The zero-order chi connectivity index (χ0) is 20.7. The molecule has 0 atom stereocenters. The average molecular weight is 402 g/mol. The van der Waals surface area contributed by atoms with Gasteiger partial charge in [-0.1, -0.05) is 31.4 Å². The van der Waals surface area contributed by atoms with Gasteiger partial charge in [-0.05, 0) is 63.5 Å². The summed E-state index contributed by atoms with van der Waals surface area (Å²) in [4.78, 5) is 10.8. The number of nitrogens with zero attached hydrogens (tertiary/aromatic N) is 4. The van der Waals surface area contributed by atoms with Crippen LogP contribution in [0.5, 0.6) is 0 Å². The number of likely N-dealkylation sites (tertiary alicyclic amines) is 1. The molecule has 1 fully saturated rings. The van der Waals surface area contributed by atoms with Gasteiger partial charge >= 0.3 is 6.18 Å². The Morgan fingerprint density at radius 3 is 2.41 bits per heavy atom. The fourth-order valence-electron chi connectivity index (χ4n) is 3.70. The Labute approximate surface area is 169 Å². The first-order valence-electron chi connectivity index (χ1n) is 10.1. The molecule has 154 valence electrons. The second-order valence-electron chi connectivity index (χ2n) is 7.47. The quantitative estimate of drug-likeness (QED) is 0.687. The molecule has 0 unspecified atom stereocenters. The Bertz CT molecular complexity index is 850. The van der Waals surface area contributed by atoms with Gasteiger partial charge < -0.3 is 4.90 Å². The zero-order valence-electron chi connectivity index (χ0n) is 16.4. The summed E-state index contributed by atoms with van der Waals surface area (Å²) in [5, 5.41) is 9.24. The molecule has 1 aromatic carbocycles. The van der Waals surface area contributed by atoms with Gasteiger partial charge in [-0.2, -0.15) is 18.4 Å². The lowest BCUT2D eigenvalue weighted by atomic mass is 10.1. The van der Waals surface area contributed by atoms with Gasteiger partial charge in [0.1, 0.15) is 6.07 Å². The number of hydrogen-bond acceptors (Lipinski definition) is 4. The maximum atomic E-state index is 13.0. The van der Waals surface area contributed by atoms with Gasteiger partial charge in [-0.15, -0.1) is 0 Å². The third kappa shape index (κ3) is 6.26. The molecule has 7 heteroatoms. The second-order valence-corrected chi connectivity index (χ2v) is 7.47. The maximum absolute atomic E-state index is 13.0. The highest BCUT2D eigenvalue weighted by molar-refractivity contribution is 5.61. The predicted molar refractivity (Wildman–Crippen MR) is 105 cm³/mol. The molecule has 0 amide bonds. The summed E-state index contributed by atoms with van der Waals surface area (Å²) in [7, 11) is 0. The van der Waals surface area contributed by atoms with E-state index in [2.05, 4.69) is 14.9 Å². The summed E-state index contributed by atoms with van der Waals surface area (Å²) in [6, 6.07) is 8.64. The predicted octanol–water partition coefficient (Wildman–Crippen LogP) is 5.23. The van der Waals surface area contributed by atoms with E-state index in [1.54, 1.807) is 12.1 Å². The Morgan fingerprint density at radius 2 is 1.72 bits per heavy atom. The van der Waals surface area contributed by atoms with E-state index in [1.807, 2.05) is 6.07 Å². The van der Waals surface area contributed by atoms with E-state index in [4.69, 9.17) is 0 Å². The first-order chi connectivity index (χ1) is 14.0. The Morgan fingerprint density at radius 1 is 1.00 bits per heavy atom. The topological polar surface area (TPSA) is 52.8 Å². The number of hydrogen-bond donors (Lipinski definition) is 0. The van der Waals surface area contributed by atoms with E-state index in [-0.39, 0.29) is 5.82 Å². The van der Waals surface area contributed by atoms with Gasteiger partial charge in [-0.3, -0.25) is 0 Å². The van der Waals surface area contributed by atoms with E-state index in [0.717, 1.165) is 38.2 Å². The third-order valence-electron chi connectivity index (χ3n) is 5.22. The maximum Gasteiger partial charge on any atom is 0.416 e. The molecule has 1 saturated heterocycles. The van der Waals surface area contributed by atoms with Gasteiger partial charge in [0.2, 0.25) is 5.82 Å². The molecule has 4 nitrogen and oxygen atoms in total. The molecule has 0 N–H and O–H groups in total.